The monoisotopic (exact) mass is 219 g/mol. The molecule has 1 aromatic rings. The number of nitrogens with one attached hydrogen (secondary N) is 2. The van der Waals surface area contributed by atoms with Crippen LogP contribution in [-0.4, -0.2) is 23.5 Å². The van der Waals surface area contributed by atoms with Crippen LogP contribution in [0.1, 0.15) is 24.8 Å². The first kappa shape index (κ1) is 11.1. The molecule has 0 unspecified atom stereocenters. The molecule has 1 amide bonds. The van der Waals surface area contributed by atoms with Gasteiger partial charge in [-0.1, -0.05) is 0 Å². The van der Waals surface area contributed by atoms with Crippen molar-refractivity contribution in [3.05, 3.63) is 24.0 Å². The summed E-state index contributed by atoms with van der Waals surface area (Å²) >= 11 is 0. The van der Waals surface area contributed by atoms with Crippen LogP contribution in [-0.2, 0) is 4.79 Å². The Morgan fingerprint density at radius 1 is 1.56 bits per heavy atom. The van der Waals surface area contributed by atoms with Crippen LogP contribution in [0.25, 0.3) is 0 Å². The molecule has 86 valence electrons. The molecule has 2 rings (SSSR count). The molecule has 0 saturated heterocycles. The number of aromatic nitrogens is 1. The van der Waals surface area contributed by atoms with E-state index >= 15 is 0 Å². The summed E-state index contributed by atoms with van der Waals surface area (Å²) in [6.45, 7) is 2.70. The highest BCUT2D eigenvalue weighted by Crippen LogP contribution is 2.18. The van der Waals surface area contributed by atoms with Crippen LogP contribution in [0.15, 0.2) is 18.5 Å². The van der Waals surface area contributed by atoms with Crippen molar-refractivity contribution in [2.75, 3.05) is 11.9 Å². The topological polar surface area (TPSA) is 54.0 Å². The van der Waals surface area contributed by atoms with E-state index in [1.54, 1.807) is 12.4 Å². The molecular weight excluding hydrogens is 202 g/mol. The zero-order chi connectivity index (χ0) is 11.4. The summed E-state index contributed by atoms with van der Waals surface area (Å²) in [5, 5.41) is 6.20. The molecule has 0 aromatic carbocycles. The van der Waals surface area contributed by atoms with Crippen molar-refractivity contribution in [3.63, 3.8) is 0 Å². The van der Waals surface area contributed by atoms with Crippen molar-refractivity contribution < 1.29 is 4.79 Å². The third kappa shape index (κ3) is 3.31. The number of anilines is 1. The maximum absolute atomic E-state index is 11.6. The number of aryl methyl sites for hydroxylation is 1. The number of hydrogen-bond donors (Lipinski definition) is 2. The number of hydrogen-bond acceptors (Lipinski definition) is 3. The van der Waals surface area contributed by atoms with Gasteiger partial charge < -0.3 is 10.6 Å². The minimum Gasteiger partial charge on any atom is -0.326 e. The fraction of sp³-hybridized carbons (Fsp3) is 0.500. The second-order valence-corrected chi connectivity index (χ2v) is 4.22. The van der Waals surface area contributed by atoms with Gasteiger partial charge >= 0.3 is 0 Å². The lowest BCUT2D eigenvalue weighted by Gasteiger charge is -2.07. The standard InChI is InChI=1S/C12H17N3O/c1-9-8-13-6-4-11(9)15-12(16)5-7-14-10-2-3-10/h4,6,8,10,14H,2-3,5,7H2,1H3,(H,13,15,16). The molecule has 1 aliphatic carbocycles. The summed E-state index contributed by atoms with van der Waals surface area (Å²) in [5.74, 6) is 0.0578. The molecule has 16 heavy (non-hydrogen) atoms. The molecule has 0 atom stereocenters. The zero-order valence-corrected chi connectivity index (χ0v) is 9.49. The lowest BCUT2D eigenvalue weighted by atomic mass is 10.2. The van der Waals surface area contributed by atoms with Gasteiger partial charge in [-0.2, -0.15) is 0 Å². The van der Waals surface area contributed by atoms with Crippen LogP contribution >= 0.6 is 0 Å². The van der Waals surface area contributed by atoms with Gasteiger partial charge in [-0.3, -0.25) is 9.78 Å². The first-order chi connectivity index (χ1) is 7.75. The third-order valence-corrected chi connectivity index (χ3v) is 2.66. The van der Waals surface area contributed by atoms with Crippen molar-refractivity contribution in [1.82, 2.24) is 10.3 Å². The molecule has 0 bridgehead atoms. The van der Waals surface area contributed by atoms with Gasteiger partial charge in [-0.25, -0.2) is 0 Å². The lowest BCUT2D eigenvalue weighted by Crippen LogP contribution is -2.23. The second-order valence-electron chi connectivity index (χ2n) is 4.22. The van der Waals surface area contributed by atoms with Crippen LogP contribution in [0.4, 0.5) is 5.69 Å². The van der Waals surface area contributed by atoms with E-state index in [0.29, 0.717) is 12.5 Å². The highest BCUT2D eigenvalue weighted by Gasteiger charge is 2.20. The largest absolute Gasteiger partial charge is 0.326 e. The summed E-state index contributed by atoms with van der Waals surface area (Å²) < 4.78 is 0. The highest BCUT2D eigenvalue weighted by atomic mass is 16.1. The third-order valence-electron chi connectivity index (χ3n) is 2.66. The predicted molar refractivity (Wildman–Crippen MR) is 63.2 cm³/mol. The van der Waals surface area contributed by atoms with Crippen LogP contribution in [0.2, 0.25) is 0 Å². The van der Waals surface area contributed by atoms with Gasteiger partial charge in [0.2, 0.25) is 5.91 Å². The Morgan fingerprint density at radius 2 is 2.38 bits per heavy atom. The van der Waals surface area contributed by atoms with E-state index in [2.05, 4.69) is 15.6 Å². The fourth-order valence-electron chi connectivity index (χ4n) is 1.50. The molecule has 1 saturated carbocycles. The second kappa shape index (κ2) is 5.07. The molecule has 0 aliphatic heterocycles. The fourth-order valence-corrected chi connectivity index (χ4v) is 1.50. The number of amides is 1. The van der Waals surface area contributed by atoms with E-state index in [9.17, 15) is 4.79 Å². The average molecular weight is 219 g/mol. The summed E-state index contributed by atoms with van der Waals surface area (Å²) in [6.07, 6.45) is 6.47. The Kier molecular flexibility index (Phi) is 3.51. The highest BCUT2D eigenvalue weighted by molar-refractivity contribution is 5.91. The minimum absolute atomic E-state index is 0.0578. The Labute approximate surface area is 95.5 Å². The number of carbonyl (C=O) groups excluding carboxylic acids is 1. The minimum atomic E-state index is 0.0578. The number of nitrogens with zero attached hydrogens (tertiary/aromatic N) is 1. The molecule has 1 heterocycles. The zero-order valence-electron chi connectivity index (χ0n) is 9.49. The Morgan fingerprint density at radius 3 is 3.06 bits per heavy atom. The van der Waals surface area contributed by atoms with Crippen molar-refractivity contribution in [2.45, 2.75) is 32.2 Å². The Balaban J connectivity index is 1.75. The van der Waals surface area contributed by atoms with Gasteiger partial charge in [0.15, 0.2) is 0 Å². The van der Waals surface area contributed by atoms with Gasteiger partial charge in [-0.05, 0) is 31.4 Å². The van der Waals surface area contributed by atoms with E-state index in [-0.39, 0.29) is 5.91 Å². The maximum Gasteiger partial charge on any atom is 0.225 e. The SMILES string of the molecule is Cc1cnccc1NC(=O)CCNC1CC1. The predicted octanol–water partition coefficient (Wildman–Crippen LogP) is 1.47. The van der Waals surface area contributed by atoms with E-state index in [1.807, 2.05) is 13.0 Å². The van der Waals surface area contributed by atoms with Crippen LogP contribution in [0, 0.1) is 6.92 Å². The molecule has 2 N–H and O–H groups in total. The Hall–Kier alpha value is -1.42. The van der Waals surface area contributed by atoms with Crippen molar-refractivity contribution in [3.8, 4) is 0 Å². The van der Waals surface area contributed by atoms with E-state index in [1.165, 1.54) is 12.8 Å². The number of carbonyl (C=O) groups is 1. The molecule has 1 fully saturated rings. The average Bonchev–Trinajstić information content (AvgIpc) is 3.05. The molecule has 0 spiro atoms. The van der Waals surface area contributed by atoms with Gasteiger partial charge in [0.05, 0.1) is 0 Å². The molecular formula is C12H17N3O. The van der Waals surface area contributed by atoms with Gasteiger partial charge in [0, 0.05) is 37.1 Å². The first-order valence-corrected chi connectivity index (χ1v) is 5.69. The van der Waals surface area contributed by atoms with Gasteiger partial charge in [0.1, 0.15) is 0 Å². The van der Waals surface area contributed by atoms with Crippen molar-refractivity contribution in [2.24, 2.45) is 0 Å². The first-order valence-electron chi connectivity index (χ1n) is 5.69. The van der Waals surface area contributed by atoms with Gasteiger partial charge in [-0.15, -0.1) is 0 Å². The Bertz CT molecular complexity index is 374. The normalized spacial score (nSPS) is 14.8. The summed E-state index contributed by atoms with van der Waals surface area (Å²) in [6, 6.07) is 2.48. The summed E-state index contributed by atoms with van der Waals surface area (Å²) in [7, 11) is 0. The number of pyridine rings is 1. The maximum atomic E-state index is 11.6. The smallest absolute Gasteiger partial charge is 0.225 e. The molecule has 4 nitrogen and oxygen atoms in total. The van der Waals surface area contributed by atoms with Crippen molar-refractivity contribution in [1.29, 1.82) is 0 Å². The molecule has 0 radical (unpaired) electrons. The van der Waals surface area contributed by atoms with Gasteiger partial charge in [0.25, 0.3) is 0 Å². The summed E-state index contributed by atoms with van der Waals surface area (Å²) in [5.41, 5.74) is 1.84. The molecule has 4 heteroatoms. The quantitative estimate of drug-likeness (QED) is 0.788. The molecule has 1 aromatic heterocycles. The summed E-state index contributed by atoms with van der Waals surface area (Å²) in [4.78, 5) is 15.6. The van der Waals surface area contributed by atoms with Crippen LogP contribution in [0.5, 0.6) is 0 Å². The lowest BCUT2D eigenvalue weighted by molar-refractivity contribution is -0.116. The van der Waals surface area contributed by atoms with E-state index in [0.717, 1.165) is 17.8 Å². The molecule has 1 aliphatic rings. The van der Waals surface area contributed by atoms with Crippen molar-refractivity contribution >= 4 is 11.6 Å². The van der Waals surface area contributed by atoms with Crippen LogP contribution < -0.4 is 10.6 Å². The van der Waals surface area contributed by atoms with E-state index < -0.39 is 0 Å². The van der Waals surface area contributed by atoms with E-state index in [4.69, 9.17) is 0 Å². The number of rotatable bonds is 5. The van der Waals surface area contributed by atoms with Crippen LogP contribution in [0.3, 0.4) is 0 Å².